The second-order valence-corrected chi connectivity index (χ2v) is 7.88. The maximum absolute atomic E-state index is 12.4. The zero-order valence-electron chi connectivity index (χ0n) is 16.9. The van der Waals surface area contributed by atoms with E-state index >= 15 is 0 Å². The molecular formula is C23H24N2O3S2. The number of ether oxygens (including phenoxy) is 2. The SMILES string of the molecule is CCOC(=O)c1cc(-c2ccccc2)sc1NC(=S)NCCc1ccc(OC)cc1. The second kappa shape index (κ2) is 10.8. The molecule has 0 saturated heterocycles. The number of thiocarbonyl (C=S) groups is 1. The van der Waals surface area contributed by atoms with Gasteiger partial charge in [-0.15, -0.1) is 11.3 Å². The zero-order chi connectivity index (χ0) is 21.3. The van der Waals surface area contributed by atoms with E-state index < -0.39 is 0 Å². The lowest BCUT2D eigenvalue weighted by Crippen LogP contribution is -2.30. The lowest BCUT2D eigenvalue weighted by molar-refractivity contribution is 0.0528. The van der Waals surface area contributed by atoms with Gasteiger partial charge in [0, 0.05) is 11.4 Å². The van der Waals surface area contributed by atoms with Gasteiger partial charge >= 0.3 is 5.97 Å². The van der Waals surface area contributed by atoms with E-state index in [0.717, 1.165) is 22.6 Å². The van der Waals surface area contributed by atoms with E-state index in [1.807, 2.05) is 60.7 Å². The van der Waals surface area contributed by atoms with Crippen LogP contribution >= 0.6 is 23.6 Å². The molecular weight excluding hydrogens is 416 g/mol. The van der Waals surface area contributed by atoms with Crippen LogP contribution in [0.25, 0.3) is 10.4 Å². The third-order valence-electron chi connectivity index (χ3n) is 4.37. The summed E-state index contributed by atoms with van der Waals surface area (Å²) in [6.07, 6.45) is 0.816. The molecule has 3 rings (SSSR count). The first kappa shape index (κ1) is 21.8. The summed E-state index contributed by atoms with van der Waals surface area (Å²) in [5, 5.41) is 7.50. The molecule has 5 nitrogen and oxygen atoms in total. The van der Waals surface area contributed by atoms with Crippen LogP contribution in [0.2, 0.25) is 0 Å². The van der Waals surface area contributed by atoms with E-state index in [-0.39, 0.29) is 5.97 Å². The van der Waals surface area contributed by atoms with E-state index in [4.69, 9.17) is 21.7 Å². The Balaban J connectivity index is 1.65. The summed E-state index contributed by atoms with van der Waals surface area (Å²) in [7, 11) is 1.65. The van der Waals surface area contributed by atoms with Gasteiger partial charge in [0.2, 0.25) is 0 Å². The molecule has 0 spiro atoms. The Morgan fingerprint density at radius 3 is 2.50 bits per heavy atom. The van der Waals surface area contributed by atoms with Gasteiger partial charge in [0.15, 0.2) is 5.11 Å². The molecule has 0 aliphatic heterocycles. The third-order valence-corrected chi connectivity index (χ3v) is 5.72. The second-order valence-electron chi connectivity index (χ2n) is 6.42. The molecule has 1 aromatic heterocycles. The number of anilines is 1. The molecule has 2 N–H and O–H groups in total. The predicted octanol–water partition coefficient (Wildman–Crippen LogP) is 5.13. The van der Waals surface area contributed by atoms with Crippen molar-refractivity contribution in [3.63, 3.8) is 0 Å². The van der Waals surface area contributed by atoms with Crippen molar-refractivity contribution >= 4 is 39.6 Å². The monoisotopic (exact) mass is 440 g/mol. The van der Waals surface area contributed by atoms with Crippen LogP contribution in [0.3, 0.4) is 0 Å². The summed E-state index contributed by atoms with van der Waals surface area (Å²) in [6, 6.07) is 19.7. The third kappa shape index (κ3) is 5.81. The average Bonchev–Trinajstić information content (AvgIpc) is 3.19. The lowest BCUT2D eigenvalue weighted by atomic mass is 10.1. The van der Waals surface area contributed by atoms with Crippen LogP contribution in [0, 0.1) is 0 Å². The summed E-state index contributed by atoms with van der Waals surface area (Å²) < 4.78 is 10.4. The molecule has 0 aliphatic carbocycles. The van der Waals surface area contributed by atoms with Gasteiger partial charge in [0.1, 0.15) is 10.8 Å². The predicted molar refractivity (Wildman–Crippen MR) is 127 cm³/mol. The number of nitrogens with one attached hydrogen (secondary N) is 2. The van der Waals surface area contributed by atoms with Crippen LogP contribution in [0.5, 0.6) is 5.75 Å². The van der Waals surface area contributed by atoms with Crippen LogP contribution < -0.4 is 15.4 Å². The van der Waals surface area contributed by atoms with Crippen LogP contribution in [0.1, 0.15) is 22.8 Å². The first-order chi connectivity index (χ1) is 14.6. The number of thiophene rings is 1. The highest BCUT2D eigenvalue weighted by molar-refractivity contribution is 7.80. The normalized spacial score (nSPS) is 10.3. The van der Waals surface area contributed by atoms with Gasteiger partial charge in [0.25, 0.3) is 0 Å². The Morgan fingerprint density at radius 1 is 1.10 bits per heavy atom. The van der Waals surface area contributed by atoms with Gasteiger partial charge in [-0.1, -0.05) is 42.5 Å². The molecule has 0 amide bonds. The highest BCUT2D eigenvalue weighted by Crippen LogP contribution is 2.35. The minimum Gasteiger partial charge on any atom is -0.497 e. The fourth-order valence-electron chi connectivity index (χ4n) is 2.85. The van der Waals surface area contributed by atoms with E-state index in [1.165, 1.54) is 16.9 Å². The first-order valence-electron chi connectivity index (χ1n) is 9.65. The maximum Gasteiger partial charge on any atom is 0.341 e. The number of methoxy groups -OCH3 is 1. The molecule has 156 valence electrons. The van der Waals surface area contributed by atoms with Gasteiger partial charge in [-0.2, -0.15) is 0 Å². The Kier molecular flexibility index (Phi) is 7.82. The fourth-order valence-corrected chi connectivity index (χ4v) is 4.17. The van der Waals surface area contributed by atoms with E-state index in [1.54, 1.807) is 14.0 Å². The fraction of sp³-hybridized carbons (Fsp3) is 0.217. The molecule has 0 fully saturated rings. The summed E-state index contributed by atoms with van der Waals surface area (Å²) in [6.45, 7) is 2.78. The standard InChI is InChI=1S/C23H24N2O3S2/c1-3-28-22(26)19-15-20(17-7-5-4-6-8-17)30-21(19)25-23(29)24-14-13-16-9-11-18(27-2)12-10-16/h4-12,15H,3,13-14H2,1-2H3,(H2,24,25,29). The van der Waals surface area contributed by atoms with Crippen molar-refractivity contribution in [3.8, 4) is 16.2 Å². The van der Waals surface area contributed by atoms with Crippen LogP contribution in [0.4, 0.5) is 5.00 Å². The minimum absolute atomic E-state index is 0.319. The van der Waals surface area contributed by atoms with Crippen molar-refractivity contribution in [2.24, 2.45) is 0 Å². The summed E-state index contributed by atoms with van der Waals surface area (Å²) in [5.41, 5.74) is 2.71. The number of hydrogen-bond acceptors (Lipinski definition) is 5. The van der Waals surface area contributed by atoms with Gasteiger partial charge in [-0.25, -0.2) is 4.79 Å². The van der Waals surface area contributed by atoms with Crippen molar-refractivity contribution in [1.82, 2.24) is 5.32 Å². The summed E-state index contributed by atoms with van der Waals surface area (Å²) >= 11 is 6.92. The molecule has 0 radical (unpaired) electrons. The first-order valence-corrected chi connectivity index (χ1v) is 10.9. The molecule has 0 saturated carbocycles. The van der Waals surface area contributed by atoms with Gasteiger partial charge in [0.05, 0.1) is 19.3 Å². The summed E-state index contributed by atoms with van der Waals surface area (Å²) in [5.74, 6) is 0.474. The van der Waals surface area contributed by atoms with E-state index in [2.05, 4.69) is 10.6 Å². The van der Waals surface area contributed by atoms with Crippen molar-refractivity contribution in [2.45, 2.75) is 13.3 Å². The van der Waals surface area contributed by atoms with Gasteiger partial charge < -0.3 is 20.1 Å². The molecule has 7 heteroatoms. The number of esters is 1. The highest BCUT2D eigenvalue weighted by Gasteiger charge is 2.19. The lowest BCUT2D eigenvalue weighted by Gasteiger charge is -2.11. The number of carbonyl (C=O) groups is 1. The van der Waals surface area contributed by atoms with E-state index in [0.29, 0.717) is 28.8 Å². The molecule has 0 atom stereocenters. The van der Waals surface area contributed by atoms with Crippen molar-refractivity contribution in [2.75, 3.05) is 25.6 Å². The number of rotatable bonds is 8. The Labute approximate surface area is 186 Å². The Hall–Kier alpha value is -2.90. The molecule has 30 heavy (non-hydrogen) atoms. The molecule has 2 aromatic carbocycles. The quantitative estimate of drug-likeness (QED) is 0.374. The Bertz CT molecular complexity index is 985. The van der Waals surface area contributed by atoms with Crippen molar-refractivity contribution < 1.29 is 14.3 Å². The molecule has 1 heterocycles. The number of benzene rings is 2. The topological polar surface area (TPSA) is 59.6 Å². The van der Waals surface area contributed by atoms with Crippen LogP contribution in [-0.2, 0) is 11.2 Å². The largest absolute Gasteiger partial charge is 0.497 e. The van der Waals surface area contributed by atoms with Crippen molar-refractivity contribution in [3.05, 3.63) is 71.8 Å². The average molecular weight is 441 g/mol. The Morgan fingerprint density at radius 2 is 1.83 bits per heavy atom. The number of carbonyl (C=O) groups excluding carboxylic acids is 1. The zero-order valence-corrected chi connectivity index (χ0v) is 18.6. The van der Waals surface area contributed by atoms with Crippen molar-refractivity contribution in [1.29, 1.82) is 0 Å². The molecule has 0 aliphatic rings. The summed E-state index contributed by atoms with van der Waals surface area (Å²) in [4.78, 5) is 13.4. The molecule has 0 unspecified atom stereocenters. The van der Waals surface area contributed by atoms with Crippen LogP contribution in [0.15, 0.2) is 60.7 Å². The van der Waals surface area contributed by atoms with Gasteiger partial charge in [-0.05, 0) is 54.9 Å². The minimum atomic E-state index is -0.362. The van der Waals surface area contributed by atoms with E-state index in [9.17, 15) is 4.79 Å². The van der Waals surface area contributed by atoms with Gasteiger partial charge in [-0.3, -0.25) is 0 Å². The molecule has 3 aromatic rings. The maximum atomic E-state index is 12.4. The smallest absolute Gasteiger partial charge is 0.341 e. The molecule has 0 bridgehead atoms. The van der Waals surface area contributed by atoms with Crippen LogP contribution in [-0.4, -0.2) is 31.3 Å². The number of hydrogen-bond donors (Lipinski definition) is 2. The highest BCUT2D eigenvalue weighted by atomic mass is 32.1.